The minimum Gasteiger partial charge on any atom is -0.456 e. The van der Waals surface area contributed by atoms with Crippen molar-refractivity contribution in [2.75, 3.05) is 0 Å². The Hall–Kier alpha value is -3.60. The molecule has 0 N–H and O–H groups in total. The van der Waals surface area contributed by atoms with E-state index >= 15 is 0 Å². The summed E-state index contributed by atoms with van der Waals surface area (Å²) in [6.07, 6.45) is -2.59. The third kappa shape index (κ3) is 2.99. The summed E-state index contributed by atoms with van der Waals surface area (Å²) in [7, 11) is 0. The lowest BCUT2D eigenvalue weighted by molar-refractivity contribution is -0.211. The maximum atomic E-state index is 13.5. The van der Waals surface area contributed by atoms with Crippen molar-refractivity contribution in [2.24, 2.45) is 5.41 Å². The van der Waals surface area contributed by atoms with E-state index in [-0.39, 0.29) is 6.42 Å². The Balaban J connectivity index is 1.59. The van der Waals surface area contributed by atoms with Gasteiger partial charge in [0.25, 0.3) is 0 Å². The molecule has 1 aliphatic rings. The Morgan fingerprint density at radius 1 is 0.853 bits per heavy atom. The molecule has 2 nitrogen and oxygen atoms in total. The van der Waals surface area contributed by atoms with Crippen LogP contribution in [0, 0.1) is 12.3 Å². The SMILES string of the molecule is Cc1c2c(cc3ccccc13)-c1nccc3c1c(cc1ccc(CC(C)(C)C(F)(F)F)cc13)O2. The summed E-state index contributed by atoms with van der Waals surface area (Å²) < 4.78 is 47.0. The summed E-state index contributed by atoms with van der Waals surface area (Å²) in [5.41, 5.74) is 1.67. The number of hydrogen-bond acceptors (Lipinski definition) is 2. The van der Waals surface area contributed by atoms with Crippen LogP contribution < -0.4 is 4.74 Å². The maximum absolute atomic E-state index is 13.5. The second kappa shape index (κ2) is 6.95. The van der Waals surface area contributed by atoms with Crippen molar-refractivity contribution in [3.8, 4) is 22.8 Å². The molecule has 2 heterocycles. The van der Waals surface area contributed by atoms with Gasteiger partial charge in [-0.1, -0.05) is 56.3 Å². The molecule has 170 valence electrons. The van der Waals surface area contributed by atoms with Gasteiger partial charge in [0.2, 0.25) is 0 Å². The van der Waals surface area contributed by atoms with Crippen LogP contribution in [0.25, 0.3) is 43.6 Å². The van der Waals surface area contributed by atoms with Crippen LogP contribution >= 0.6 is 0 Å². The topological polar surface area (TPSA) is 22.1 Å². The summed E-state index contributed by atoms with van der Waals surface area (Å²) in [4.78, 5) is 4.72. The second-order valence-electron chi connectivity index (χ2n) is 9.77. The number of pyridine rings is 1. The minimum absolute atomic E-state index is 0.0852. The fourth-order valence-corrected chi connectivity index (χ4v) is 5.04. The van der Waals surface area contributed by atoms with Gasteiger partial charge in [0.1, 0.15) is 11.5 Å². The fraction of sp³-hybridized carbons (Fsp3) is 0.207. The highest BCUT2D eigenvalue weighted by atomic mass is 19.4. The molecule has 0 saturated carbocycles. The molecule has 0 aliphatic carbocycles. The van der Waals surface area contributed by atoms with E-state index in [1.54, 1.807) is 12.3 Å². The monoisotopic (exact) mass is 457 g/mol. The first-order valence-electron chi connectivity index (χ1n) is 11.3. The number of fused-ring (bicyclic) bond motifs is 5. The van der Waals surface area contributed by atoms with Crippen molar-refractivity contribution in [1.82, 2.24) is 4.98 Å². The molecular weight excluding hydrogens is 435 g/mol. The molecule has 0 fully saturated rings. The first-order valence-corrected chi connectivity index (χ1v) is 11.3. The molecule has 0 saturated heterocycles. The molecule has 5 aromatic rings. The van der Waals surface area contributed by atoms with Crippen LogP contribution in [-0.4, -0.2) is 11.2 Å². The maximum Gasteiger partial charge on any atom is 0.394 e. The van der Waals surface area contributed by atoms with Gasteiger partial charge in [-0.15, -0.1) is 0 Å². The van der Waals surface area contributed by atoms with Gasteiger partial charge in [-0.05, 0) is 64.0 Å². The van der Waals surface area contributed by atoms with Crippen LogP contribution in [0.2, 0.25) is 0 Å². The number of ether oxygens (including phenoxy) is 1. The predicted molar refractivity (Wildman–Crippen MR) is 131 cm³/mol. The Kier molecular flexibility index (Phi) is 4.29. The molecule has 0 atom stereocenters. The highest BCUT2D eigenvalue weighted by Gasteiger charge is 2.47. The highest BCUT2D eigenvalue weighted by molar-refractivity contribution is 6.16. The summed E-state index contributed by atoms with van der Waals surface area (Å²) in [6, 6.07) is 19.7. The minimum atomic E-state index is -4.27. The fourth-order valence-electron chi connectivity index (χ4n) is 5.04. The van der Waals surface area contributed by atoms with Crippen LogP contribution in [0.4, 0.5) is 13.2 Å². The highest BCUT2D eigenvalue weighted by Crippen LogP contribution is 2.50. The van der Waals surface area contributed by atoms with Gasteiger partial charge in [0, 0.05) is 17.3 Å². The molecule has 0 radical (unpaired) electrons. The van der Waals surface area contributed by atoms with Gasteiger partial charge in [0.05, 0.1) is 16.5 Å². The Bertz CT molecular complexity index is 1630. The van der Waals surface area contributed by atoms with Crippen LogP contribution in [0.3, 0.4) is 0 Å². The van der Waals surface area contributed by atoms with Crippen LogP contribution in [0.15, 0.2) is 66.9 Å². The van der Waals surface area contributed by atoms with E-state index in [0.29, 0.717) is 5.56 Å². The first-order chi connectivity index (χ1) is 16.1. The third-order valence-electron chi connectivity index (χ3n) is 7.02. The number of nitrogens with zero attached hydrogens (tertiary/aromatic N) is 1. The van der Waals surface area contributed by atoms with Crippen molar-refractivity contribution in [1.29, 1.82) is 0 Å². The van der Waals surface area contributed by atoms with Gasteiger partial charge in [0.15, 0.2) is 0 Å². The van der Waals surface area contributed by atoms with E-state index in [9.17, 15) is 13.2 Å². The Morgan fingerprint density at radius 2 is 1.62 bits per heavy atom. The number of hydrogen-bond donors (Lipinski definition) is 0. The van der Waals surface area contributed by atoms with Crippen molar-refractivity contribution in [3.63, 3.8) is 0 Å². The molecule has 5 heteroatoms. The lowest BCUT2D eigenvalue weighted by atomic mass is 9.84. The van der Waals surface area contributed by atoms with Crippen molar-refractivity contribution in [2.45, 2.75) is 33.4 Å². The zero-order valence-corrected chi connectivity index (χ0v) is 19.0. The molecule has 0 amide bonds. The largest absolute Gasteiger partial charge is 0.456 e. The molecule has 6 rings (SSSR count). The third-order valence-corrected chi connectivity index (χ3v) is 7.02. The van der Waals surface area contributed by atoms with E-state index in [0.717, 1.165) is 60.6 Å². The number of alkyl halides is 3. The van der Waals surface area contributed by atoms with Gasteiger partial charge in [-0.2, -0.15) is 13.2 Å². The Morgan fingerprint density at radius 3 is 2.41 bits per heavy atom. The van der Waals surface area contributed by atoms with E-state index in [1.165, 1.54) is 13.8 Å². The quantitative estimate of drug-likeness (QED) is 0.243. The van der Waals surface area contributed by atoms with Crippen molar-refractivity contribution >= 4 is 32.3 Å². The van der Waals surface area contributed by atoms with Gasteiger partial charge in [-0.25, -0.2) is 0 Å². The van der Waals surface area contributed by atoms with Gasteiger partial charge in [-0.3, -0.25) is 4.98 Å². The smallest absolute Gasteiger partial charge is 0.394 e. The van der Waals surface area contributed by atoms with Crippen molar-refractivity contribution < 1.29 is 17.9 Å². The predicted octanol–water partition coefficient (Wildman–Crippen LogP) is 8.75. The first kappa shape index (κ1) is 21.0. The Labute approximate surface area is 195 Å². The average Bonchev–Trinajstić information content (AvgIpc) is 2.79. The van der Waals surface area contributed by atoms with Crippen LogP contribution in [0.1, 0.15) is 25.0 Å². The van der Waals surface area contributed by atoms with Crippen LogP contribution in [0.5, 0.6) is 11.5 Å². The van der Waals surface area contributed by atoms with Gasteiger partial charge >= 0.3 is 6.18 Å². The molecule has 4 aromatic carbocycles. The number of rotatable bonds is 2. The average molecular weight is 457 g/mol. The summed E-state index contributed by atoms with van der Waals surface area (Å²) in [5.74, 6) is 1.52. The molecule has 0 spiro atoms. The summed E-state index contributed by atoms with van der Waals surface area (Å²) in [5, 5.41) is 5.90. The molecule has 1 aromatic heterocycles. The van der Waals surface area contributed by atoms with Gasteiger partial charge < -0.3 is 4.74 Å². The standard InChI is InChI=1S/C29H22F3NO/c1-16-20-7-5-4-6-18(20)13-23-26-25-21(10-11-33-26)22-12-17(15-28(2,3)29(30,31)32)8-9-19(22)14-24(25)34-27(16)23/h4-14H,15H2,1-3H3. The molecule has 0 bridgehead atoms. The number of halogens is 3. The molecular formula is C29H22F3NO. The van der Waals surface area contributed by atoms with E-state index in [2.05, 4.69) is 25.1 Å². The summed E-state index contributed by atoms with van der Waals surface area (Å²) >= 11 is 0. The van der Waals surface area contributed by atoms with Crippen LogP contribution in [-0.2, 0) is 6.42 Å². The van der Waals surface area contributed by atoms with E-state index < -0.39 is 11.6 Å². The molecule has 1 aliphatic heterocycles. The zero-order chi connectivity index (χ0) is 23.8. The molecule has 34 heavy (non-hydrogen) atoms. The van der Waals surface area contributed by atoms with E-state index in [4.69, 9.17) is 9.72 Å². The number of benzene rings is 4. The number of aryl methyl sites for hydroxylation is 1. The van der Waals surface area contributed by atoms with Crippen molar-refractivity contribution in [3.05, 3.63) is 78.0 Å². The lowest BCUT2D eigenvalue weighted by Crippen LogP contribution is -2.34. The normalized spacial score (nSPS) is 13.4. The number of aromatic nitrogens is 1. The second-order valence-corrected chi connectivity index (χ2v) is 9.77. The van der Waals surface area contributed by atoms with E-state index in [1.807, 2.05) is 36.4 Å². The zero-order valence-electron chi connectivity index (χ0n) is 19.0. The lowest BCUT2D eigenvalue weighted by Gasteiger charge is -2.28. The summed E-state index contributed by atoms with van der Waals surface area (Å²) in [6.45, 7) is 4.55. The molecule has 0 unspecified atom stereocenters.